The number of hydrogen-bond acceptors (Lipinski definition) is 4. The molecule has 0 atom stereocenters. The van der Waals surface area contributed by atoms with Gasteiger partial charge in [0.25, 0.3) is 0 Å². The number of hydrogen-bond donors (Lipinski definition) is 0. The van der Waals surface area contributed by atoms with E-state index in [9.17, 15) is 0 Å². The Morgan fingerprint density at radius 2 is 2.29 bits per heavy atom. The Balaban J connectivity index is 2.22. The lowest BCUT2D eigenvalue weighted by atomic mass is 10.3. The third-order valence-corrected chi connectivity index (χ3v) is 2.86. The van der Waals surface area contributed by atoms with Gasteiger partial charge in [-0.05, 0) is 24.4 Å². The summed E-state index contributed by atoms with van der Waals surface area (Å²) in [4.78, 5) is 4.42. The Bertz CT molecular complexity index is 431. The smallest absolute Gasteiger partial charge is 0.157 e. The number of fused-ring (bicyclic) bond motifs is 1. The zero-order chi connectivity index (χ0) is 9.97. The van der Waals surface area contributed by atoms with E-state index in [1.807, 2.05) is 18.2 Å². The van der Waals surface area contributed by atoms with Crippen LogP contribution in [0.4, 0.5) is 0 Å². The van der Waals surface area contributed by atoms with Crippen LogP contribution in [0.15, 0.2) is 24.3 Å². The van der Waals surface area contributed by atoms with E-state index in [1.165, 1.54) is 4.70 Å². The molecule has 0 aliphatic carbocycles. The standard InChI is InChI=1S/C10H9NOS2/c1-7(13)12-6-10-11-8-4-2-3-5-9(8)14-10/h2-5H,6H2,1H3. The van der Waals surface area contributed by atoms with E-state index in [1.54, 1.807) is 18.3 Å². The third-order valence-electron chi connectivity index (χ3n) is 1.74. The number of benzene rings is 1. The number of nitrogens with zero attached hydrogens (tertiary/aromatic N) is 1. The van der Waals surface area contributed by atoms with Crippen molar-refractivity contribution in [2.45, 2.75) is 13.5 Å². The summed E-state index contributed by atoms with van der Waals surface area (Å²) in [5.74, 6) is 0. The molecule has 2 nitrogen and oxygen atoms in total. The van der Waals surface area contributed by atoms with Crippen LogP contribution in [0.3, 0.4) is 0 Å². The maximum Gasteiger partial charge on any atom is 0.157 e. The van der Waals surface area contributed by atoms with Gasteiger partial charge in [-0.25, -0.2) is 4.98 Å². The average Bonchev–Trinajstić information content (AvgIpc) is 2.57. The van der Waals surface area contributed by atoms with Crippen molar-refractivity contribution < 1.29 is 4.74 Å². The first-order valence-electron chi connectivity index (χ1n) is 4.23. The molecule has 14 heavy (non-hydrogen) atoms. The molecule has 0 saturated carbocycles. The van der Waals surface area contributed by atoms with Crippen molar-refractivity contribution in [3.05, 3.63) is 29.3 Å². The molecule has 72 valence electrons. The van der Waals surface area contributed by atoms with Gasteiger partial charge in [-0.1, -0.05) is 12.1 Å². The fourth-order valence-electron chi connectivity index (χ4n) is 1.15. The van der Waals surface area contributed by atoms with E-state index in [2.05, 4.69) is 11.1 Å². The van der Waals surface area contributed by atoms with Crippen molar-refractivity contribution in [2.24, 2.45) is 0 Å². The first kappa shape index (κ1) is 9.55. The molecule has 0 saturated heterocycles. The van der Waals surface area contributed by atoms with Crippen molar-refractivity contribution in [2.75, 3.05) is 0 Å². The molecule has 0 bridgehead atoms. The highest BCUT2D eigenvalue weighted by Crippen LogP contribution is 2.21. The van der Waals surface area contributed by atoms with Crippen LogP contribution in [0.1, 0.15) is 11.9 Å². The molecular formula is C10H9NOS2. The lowest BCUT2D eigenvalue weighted by Gasteiger charge is -1.98. The number of rotatable bonds is 2. The van der Waals surface area contributed by atoms with Gasteiger partial charge in [0.2, 0.25) is 0 Å². The molecule has 0 unspecified atom stereocenters. The summed E-state index contributed by atoms with van der Waals surface area (Å²) in [6.45, 7) is 2.25. The third kappa shape index (κ3) is 2.08. The molecule has 0 spiro atoms. The van der Waals surface area contributed by atoms with Crippen LogP contribution in [0, 0.1) is 0 Å². The molecule has 2 aromatic rings. The summed E-state index contributed by atoms with van der Waals surface area (Å²) < 4.78 is 6.42. The number of thiazole rings is 1. The predicted octanol–water partition coefficient (Wildman–Crippen LogP) is 3.16. The fourth-order valence-corrected chi connectivity index (χ4v) is 2.08. The van der Waals surface area contributed by atoms with Gasteiger partial charge in [-0.3, -0.25) is 0 Å². The van der Waals surface area contributed by atoms with E-state index in [-0.39, 0.29) is 0 Å². The Morgan fingerprint density at radius 1 is 1.50 bits per heavy atom. The van der Waals surface area contributed by atoms with Gasteiger partial charge >= 0.3 is 0 Å². The van der Waals surface area contributed by atoms with Gasteiger partial charge in [0.15, 0.2) is 5.05 Å². The molecule has 2 rings (SSSR count). The predicted molar refractivity (Wildman–Crippen MR) is 62.7 cm³/mol. The SMILES string of the molecule is CC(=S)OCc1nc2ccccc2s1. The maximum absolute atomic E-state index is 5.24. The van der Waals surface area contributed by atoms with Crippen molar-refractivity contribution in [1.29, 1.82) is 0 Å². The Kier molecular flexibility index (Phi) is 2.74. The van der Waals surface area contributed by atoms with E-state index < -0.39 is 0 Å². The Morgan fingerprint density at radius 3 is 3.00 bits per heavy atom. The van der Waals surface area contributed by atoms with Gasteiger partial charge in [0, 0.05) is 6.92 Å². The highest BCUT2D eigenvalue weighted by Gasteiger charge is 2.02. The van der Waals surface area contributed by atoms with Gasteiger partial charge in [0.05, 0.1) is 10.2 Å². The summed E-state index contributed by atoms with van der Waals surface area (Å²) in [6.07, 6.45) is 0. The van der Waals surface area contributed by atoms with Gasteiger partial charge in [-0.15, -0.1) is 11.3 Å². The van der Waals surface area contributed by atoms with Gasteiger partial charge in [0.1, 0.15) is 11.6 Å². The first-order valence-corrected chi connectivity index (χ1v) is 5.46. The Hall–Kier alpha value is -1.00. The number of aromatic nitrogens is 1. The van der Waals surface area contributed by atoms with Crippen LogP contribution in [0.5, 0.6) is 0 Å². The molecule has 0 fully saturated rings. The van der Waals surface area contributed by atoms with Gasteiger partial charge in [-0.2, -0.15) is 0 Å². The lowest BCUT2D eigenvalue weighted by Crippen LogP contribution is -1.95. The second-order valence-corrected chi connectivity index (χ2v) is 4.55. The van der Waals surface area contributed by atoms with Crippen molar-refractivity contribution >= 4 is 38.8 Å². The van der Waals surface area contributed by atoms with E-state index >= 15 is 0 Å². The van der Waals surface area contributed by atoms with Crippen LogP contribution in [-0.2, 0) is 11.3 Å². The van der Waals surface area contributed by atoms with Crippen LogP contribution >= 0.6 is 23.6 Å². The summed E-state index contributed by atoms with van der Waals surface area (Å²) >= 11 is 6.47. The highest BCUT2D eigenvalue weighted by atomic mass is 32.1. The minimum absolute atomic E-state index is 0.481. The van der Waals surface area contributed by atoms with Crippen molar-refractivity contribution in [1.82, 2.24) is 4.98 Å². The highest BCUT2D eigenvalue weighted by molar-refractivity contribution is 7.80. The molecule has 4 heteroatoms. The fraction of sp³-hybridized carbons (Fsp3) is 0.200. The zero-order valence-electron chi connectivity index (χ0n) is 7.69. The minimum atomic E-state index is 0.481. The largest absolute Gasteiger partial charge is 0.480 e. The summed E-state index contributed by atoms with van der Waals surface area (Å²) in [5.41, 5.74) is 1.03. The van der Waals surface area contributed by atoms with E-state index in [0.717, 1.165) is 10.5 Å². The first-order chi connectivity index (χ1) is 6.75. The second-order valence-electron chi connectivity index (χ2n) is 2.86. The molecule has 0 N–H and O–H groups in total. The molecule has 0 aliphatic rings. The normalized spacial score (nSPS) is 10.4. The topological polar surface area (TPSA) is 22.1 Å². The molecule has 1 aromatic carbocycles. The van der Waals surface area contributed by atoms with Crippen LogP contribution in [0.2, 0.25) is 0 Å². The minimum Gasteiger partial charge on any atom is -0.480 e. The van der Waals surface area contributed by atoms with E-state index in [0.29, 0.717) is 11.7 Å². The summed E-state index contributed by atoms with van der Waals surface area (Å²) in [6, 6.07) is 8.05. The molecule has 0 aliphatic heterocycles. The second kappa shape index (κ2) is 4.02. The Labute approximate surface area is 91.5 Å². The summed E-state index contributed by atoms with van der Waals surface area (Å²) in [5, 5.41) is 1.53. The molecular weight excluding hydrogens is 214 g/mol. The monoisotopic (exact) mass is 223 g/mol. The van der Waals surface area contributed by atoms with Crippen LogP contribution in [0.25, 0.3) is 10.2 Å². The molecule has 1 heterocycles. The number of thiocarbonyl (C=S) groups is 1. The summed E-state index contributed by atoms with van der Waals surface area (Å²) in [7, 11) is 0. The molecule has 1 aromatic heterocycles. The zero-order valence-corrected chi connectivity index (χ0v) is 9.32. The van der Waals surface area contributed by atoms with Crippen molar-refractivity contribution in [3.63, 3.8) is 0 Å². The lowest BCUT2D eigenvalue weighted by molar-refractivity contribution is 0.298. The van der Waals surface area contributed by atoms with E-state index in [4.69, 9.17) is 17.0 Å². The molecule has 0 radical (unpaired) electrons. The van der Waals surface area contributed by atoms with Crippen molar-refractivity contribution in [3.8, 4) is 0 Å². The number of para-hydroxylation sites is 1. The van der Waals surface area contributed by atoms with Gasteiger partial charge < -0.3 is 4.74 Å². The van der Waals surface area contributed by atoms with Crippen LogP contribution < -0.4 is 0 Å². The van der Waals surface area contributed by atoms with Crippen LogP contribution in [-0.4, -0.2) is 10.0 Å². The number of ether oxygens (including phenoxy) is 1. The average molecular weight is 223 g/mol. The maximum atomic E-state index is 5.24. The molecule has 0 amide bonds. The quantitative estimate of drug-likeness (QED) is 0.730.